The number of carbonyl (C=O) groups excluding carboxylic acids is 1. The maximum atomic E-state index is 12.1. The standard InChI is InChI=1S/C18H37NO3/c1-14(15(20)12-19-16(2,3)4)10-11-18(8,9)22-13-21-17(5,6)7/h14,19H,10-13H2,1-9H3. The van der Waals surface area contributed by atoms with Gasteiger partial charge in [-0.3, -0.25) is 4.79 Å². The molecule has 1 atom stereocenters. The first kappa shape index (κ1) is 21.6. The van der Waals surface area contributed by atoms with Crippen LogP contribution in [0.1, 0.15) is 75.2 Å². The van der Waals surface area contributed by atoms with Gasteiger partial charge in [-0.2, -0.15) is 0 Å². The average molecular weight is 315 g/mol. The molecule has 0 radical (unpaired) electrons. The summed E-state index contributed by atoms with van der Waals surface area (Å²) in [6, 6.07) is 0. The van der Waals surface area contributed by atoms with Crippen LogP contribution in [0.3, 0.4) is 0 Å². The predicted octanol–water partition coefficient (Wildman–Crippen LogP) is 3.93. The zero-order valence-electron chi connectivity index (χ0n) is 16.1. The van der Waals surface area contributed by atoms with Gasteiger partial charge in [0.25, 0.3) is 0 Å². The van der Waals surface area contributed by atoms with Gasteiger partial charge in [0.1, 0.15) is 12.6 Å². The summed E-state index contributed by atoms with van der Waals surface area (Å²) in [5.41, 5.74) is -0.503. The molecule has 4 nitrogen and oxygen atoms in total. The molecular weight excluding hydrogens is 278 g/mol. The first-order valence-corrected chi connectivity index (χ1v) is 8.27. The highest BCUT2D eigenvalue weighted by Gasteiger charge is 2.23. The lowest BCUT2D eigenvalue weighted by Gasteiger charge is -2.29. The van der Waals surface area contributed by atoms with Crippen LogP contribution in [0.5, 0.6) is 0 Å². The molecular formula is C18H37NO3. The van der Waals surface area contributed by atoms with Crippen molar-refractivity contribution >= 4 is 5.78 Å². The number of hydrogen-bond donors (Lipinski definition) is 1. The van der Waals surface area contributed by atoms with E-state index in [1.54, 1.807) is 0 Å². The molecule has 0 amide bonds. The first-order valence-electron chi connectivity index (χ1n) is 8.27. The van der Waals surface area contributed by atoms with Crippen LogP contribution in [0.2, 0.25) is 0 Å². The van der Waals surface area contributed by atoms with Crippen molar-refractivity contribution in [3.63, 3.8) is 0 Å². The van der Waals surface area contributed by atoms with Crippen molar-refractivity contribution in [2.24, 2.45) is 5.92 Å². The van der Waals surface area contributed by atoms with Crippen LogP contribution in [0.15, 0.2) is 0 Å². The van der Waals surface area contributed by atoms with Crippen molar-refractivity contribution in [1.82, 2.24) is 5.32 Å². The van der Waals surface area contributed by atoms with Crippen molar-refractivity contribution in [3.05, 3.63) is 0 Å². The van der Waals surface area contributed by atoms with Crippen LogP contribution in [-0.4, -0.2) is 35.9 Å². The Kier molecular flexibility index (Phi) is 8.24. The predicted molar refractivity (Wildman–Crippen MR) is 92.0 cm³/mol. The number of hydrogen-bond acceptors (Lipinski definition) is 4. The molecule has 0 aliphatic rings. The van der Waals surface area contributed by atoms with E-state index in [4.69, 9.17) is 9.47 Å². The van der Waals surface area contributed by atoms with Gasteiger partial charge < -0.3 is 14.8 Å². The minimum atomic E-state index is -0.281. The highest BCUT2D eigenvalue weighted by molar-refractivity contribution is 5.82. The number of rotatable bonds is 9. The van der Waals surface area contributed by atoms with Gasteiger partial charge in [0.2, 0.25) is 0 Å². The fraction of sp³-hybridized carbons (Fsp3) is 0.944. The average Bonchev–Trinajstić information content (AvgIpc) is 2.30. The molecule has 4 heteroatoms. The number of nitrogens with one attached hydrogen (secondary N) is 1. The molecule has 0 aromatic rings. The summed E-state index contributed by atoms with van der Waals surface area (Å²) in [5.74, 6) is 0.304. The molecule has 0 bridgehead atoms. The molecule has 1 unspecified atom stereocenters. The van der Waals surface area contributed by atoms with Crippen LogP contribution in [-0.2, 0) is 14.3 Å². The van der Waals surface area contributed by atoms with E-state index >= 15 is 0 Å². The molecule has 0 aromatic heterocycles. The van der Waals surface area contributed by atoms with Crippen molar-refractivity contribution < 1.29 is 14.3 Å². The lowest BCUT2D eigenvalue weighted by molar-refractivity contribution is -0.171. The van der Waals surface area contributed by atoms with Gasteiger partial charge in [-0.1, -0.05) is 6.92 Å². The SMILES string of the molecule is CC(CCC(C)(C)OCOC(C)(C)C)C(=O)CNC(C)(C)C. The number of ether oxygens (including phenoxy) is 2. The van der Waals surface area contributed by atoms with E-state index in [2.05, 4.69) is 26.1 Å². The minimum absolute atomic E-state index is 0.0257. The van der Waals surface area contributed by atoms with Crippen molar-refractivity contribution in [3.8, 4) is 0 Å². The lowest BCUT2D eigenvalue weighted by Crippen LogP contribution is -2.41. The Morgan fingerprint density at radius 2 is 1.55 bits per heavy atom. The Bertz CT molecular complexity index is 337. The molecule has 0 aliphatic carbocycles. The van der Waals surface area contributed by atoms with Gasteiger partial charge in [0.15, 0.2) is 0 Å². The molecule has 0 fully saturated rings. The fourth-order valence-corrected chi connectivity index (χ4v) is 1.69. The summed E-state index contributed by atoms with van der Waals surface area (Å²) in [4.78, 5) is 12.1. The number of carbonyl (C=O) groups is 1. The van der Waals surface area contributed by atoms with E-state index in [0.29, 0.717) is 6.54 Å². The van der Waals surface area contributed by atoms with Crippen LogP contribution in [0.25, 0.3) is 0 Å². The van der Waals surface area contributed by atoms with E-state index in [9.17, 15) is 4.79 Å². The van der Waals surface area contributed by atoms with Gasteiger partial charge in [-0.05, 0) is 68.2 Å². The van der Waals surface area contributed by atoms with Crippen LogP contribution in [0.4, 0.5) is 0 Å². The highest BCUT2D eigenvalue weighted by atomic mass is 16.7. The van der Waals surface area contributed by atoms with Crippen LogP contribution in [0, 0.1) is 5.92 Å². The second kappa shape index (κ2) is 8.42. The summed E-state index contributed by atoms with van der Waals surface area (Å²) in [6.45, 7) is 19.0. The largest absolute Gasteiger partial charge is 0.350 e. The van der Waals surface area contributed by atoms with Gasteiger partial charge >= 0.3 is 0 Å². The Hall–Kier alpha value is -0.450. The zero-order chi connectivity index (χ0) is 17.6. The van der Waals surface area contributed by atoms with E-state index in [0.717, 1.165) is 12.8 Å². The number of ketones is 1. The third kappa shape index (κ3) is 12.1. The lowest BCUT2D eigenvalue weighted by atomic mass is 9.93. The van der Waals surface area contributed by atoms with Crippen molar-refractivity contribution in [2.45, 2.75) is 91.9 Å². The smallest absolute Gasteiger partial charge is 0.149 e. The van der Waals surface area contributed by atoms with Gasteiger partial charge in [0, 0.05) is 11.5 Å². The summed E-state index contributed by atoms with van der Waals surface area (Å²) in [7, 11) is 0. The Morgan fingerprint density at radius 3 is 2.00 bits per heavy atom. The van der Waals surface area contributed by atoms with Gasteiger partial charge in [-0.15, -0.1) is 0 Å². The second-order valence-electron chi connectivity index (χ2n) is 8.79. The molecule has 0 aliphatic heterocycles. The Balaban J connectivity index is 4.10. The third-order valence-electron chi connectivity index (χ3n) is 3.46. The van der Waals surface area contributed by atoms with Crippen LogP contribution >= 0.6 is 0 Å². The maximum Gasteiger partial charge on any atom is 0.149 e. The fourth-order valence-electron chi connectivity index (χ4n) is 1.69. The third-order valence-corrected chi connectivity index (χ3v) is 3.46. The van der Waals surface area contributed by atoms with E-state index in [-0.39, 0.29) is 35.2 Å². The van der Waals surface area contributed by atoms with E-state index in [1.807, 2.05) is 41.5 Å². The molecule has 0 saturated carbocycles. The summed E-state index contributed by atoms with van der Waals surface area (Å²) >= 11 is 0. The van der Waals surface area contributed by atoms with E-state index in [1.165, 1.54) is 0 Å². The Labute approximate surface area is 137 Å². The minimum Gasteiger partial charge on any atom is -0.350 e. The molecule has 1 N–H and O–H groups in total. The maximum absolute atomic E-state index is 12.1. The molecule has 0 saturated heterocycles. The molecule has 0 rings (SSSR count). The molecule has 0 aromatic carbocycles. The zero-order valence-corrected chi connectivity index (χ0v) is 16.1. The monoisotopic (exact) mass is 315 g/mol. The van der Waals surface area contributed by atoms with Crippen LogP contribution < -0.4 is 5.32 Å². The highest BCUT2D eigenvalue weighted by Crippen LogP contribution is 2.21. The second-order valence-corrected chi connectivity index (χ2v) is 8.79. The number of Topliss-reactive ketones (excluding diaryl/α,β-unsaturated/α-hetero) is 1. The normalized spacial score (nSPS) is 15.0. The van der Waals surface area contributed by atoms with Gasteiger partial charge in [0.05, 0.1) is 17.7 Å². The van der Waals surface area contributed by atoms with E-state index < -0.39 is 0 Å². The topological polar surface area (TPSA) is 47.6 Å². The molecule has 0 heterocycles. The Morgan fingerprint density at radius 1 is 1.00 bits per heavy atom. The van der Waals surface area contributed by atoms with Crippen molar-refractivity contribution in [2.75, 3.05) is 13.3 Å². The quantitative estimate of drug-likeness (QED) is 0.655. The first-order chi connectivity index (χ1) is 9.72. The van der Waals surface area contributed by atoms with Gasteiger partial charge in [-0.25, -0.2) is 0 Å². The molecule has 22 heavy (non-hydrogen) atoms. The molecule has 132 valence electrons. The molecule has 0 spiro atoms. The summed E-state index contributed by atoms with van der Waals surface area (Å²) < 4.78 is 11.4. The summed E-state index contributed by atoms with van der Waals surface area (Å²) in [5, 5.41) is 3.25. The summed E-state index contributed by atoms with van der Waals surface area (Å²) in [6.07, 6.45) is 1.66. The van der Waals surface area contributed by atoms with Crippen molar-refractivity contribution in [1.29, 1.82) is 0 Å².